The normalized spacial score (nSPS) is 21.6. The van der Waals surface area contributed by atoms with Crippen LogP contribution < -0.4 is 16.1 Å². The number of rotatable bonds is 2. The summed E-state index contributed by atoms with van der Waals surface area (Å²) in [6.07, 6.45) is 1.46. The summed E-state index contributed by atoms with van der Waals surface area (Å²) >= 11 is 0. The van der Waals surface area contributed by atoms with Gasteiger partial charge in [-0.3, -0.25) is 4.79 Å². The molecule has 1 aromatic heterocycles. The SMILES string of the molecule is CC1Cc2c(N3CCC(N)C3)ccc3c(=O)c(C(=O)O)c(F)n1c23.Cl. The predicted octanol–water partition coefficient (Wildman–Crippen LogP) is 1.92. The van der Waals surface area contributed by atoms with E-state index >= 15 is 0 Å². The van der Waals surface area contributed by atoms with Gasteiger partial charge in [0.05, 0.1) is 5.52 Å². The highest BCUT2D eigenvalue weighted by molar-refractivity contribution is 5.96. The van der Waals surface area contributed by atoms with Gasteiger partial charge in [-0.2, -0.15) is 4.39 Å². The molecule has 1 saturated heterocycles. The van der Waals surface area contributed by atoms with E-state index in [0.29, 0.717) is 11.9 Å². The summed E-state index contributed by atoms with van der Waals surface area (Å²) in [5.74, 6) is -2.49. The highest BCUT2D eigenvalue weighted by atomic mass is 35.5. The standard InChI is InChI=1S/C17H18FN3O3.ClH/c1-8-6-11-12(20-5-4-9(19)7-20)3-2-10-14(11)21(8)16(18)13(15(10)22)17(23)24;/h2-3,8-9H,4-7,19H2,1H3,(H,23,24);1H. The molecule has 0 saturated carbocycles. The van der Waals surface area contributed by atoms with Gasteiger partial charge in [-0.1, -0.05) is 0 Å². The molecule has 4 rings (SSSR count). The highest BCUT2D eigenvalue weighted by Crippen LogP contribution is 2.39. The molecule has 2 aromatic rings. The molecular weight excluding hydrogens is 349 g/mol. The van der Waals surface area contributed by atoms with E-state index in [1.165, 1.54) is 4.57 Å². The lowest BCUT2D eigenvalue weighted by molar-refractivity contribution is 0.0688. The Labute approximate surface area is 149 Å². The first kappa shape index (κ1) is 17.7. The average Bonchev–Trinajstić information content (AvgIpc) is 3.08. The van der Waals surface area contributed by atoms with Crippen LogP contribution in [-0.4, -0.2) is 34.8 Å². The van der Waals surface area contributed by atoms with Crippen molar-refractivity contribution in [2.45, 2.75) is 31.8 Å². The largest absolute Gasteiger partial charge is 0.477 e. The van der Waals surface area contributed by atoms with Gasteiger partial charge in [0.15, 0.2) is 5.56 Å². The molecule has 3 N–H and O–H groups in total. The number of anilines is 1. The van der Waals surface area contributed by atoms with Gasteiger partial charge in [-0.05, 0) is 31.9 Å². The zero-order valence-corrected chi connectivity index (χ0v) is 14.5. The summed E-state index contributed by atoms with van der Waals surface area (Å²) in [7, 11) is 0. The summed E-state index contributed by atoms with van der Waals surface area (Å²) in [6.45, 7) is 3.39. The maximum absolute atomic E-state index is 14.7. The molecule has 2 unspecified atom stereocenters. The van der Waals surface area contributed by atoms with Crippen LogP contribution in [0, 0.1) is 5.95 Å². The van der Waals surface area contributed by atoms with Crippen molar-refractivity contribution >= 4 is 35.0 Å². The van der Waals surface area contributed by atoms with Gasteiger partial charge in [-0.15, -0.1) is 12.4 Å². The molecule has 25 heavy (non-hydrogen) atoms. The molecule has 2 aliphatic heterocycles. The van der Waals surface area contributed by atoms with Gasteiger partial charge in [0.2, 0.25) is 11.4 Å². The lowest BCUT2D eigenvalue weighted by Crippen LogP contribution is -2.27. The average molecular weight is 368 g/mol. The van der Waals surface area contributed by atoms with Crippen molar-refractivity contribution in [1.82, 2.24) is 4.57 Å². The Morgan fingerprint density at radius 2 is 2.12 bits per heavy atom. The van der Waals surface area contributed by atoms with Crippen molar-refractivity contribution in [3.8, 4) is 0 Å². The Balaban J connectivity index is 0.00000182. The van der Waals surface area contributed by atoms with Gasteiger partial charge in [0.1, 0.15) is 0 Å². The smallest absolute Gasteiger partial charge is 0.344 e. The monoisotopic (exact) mass is 367 g/mol. The van der Waals surface area contributed by atoms with Crippen LogP contribution >= 0.6 is 12.4 Å². The quantitative estimate of drug-likeness (QED) is 0.792. The van der Waals surface area contributed by atoms with Gasteiger partial charge in [0, 0.05) is 41.8 Å². The van der Waals surface area contributed by atoms with Crippen molar-refractivity contribution in [1.29, 1.82) is 0 Å². The zero-order valence-electron chi connectivity index (χ0n) is 13.7. The van der Waals surface area contributed by atoms with E-state index in [9.17, 15) is 19.1 Å². The lowest BCUT2D eigenvalue weighted by Gasteiger charge is -2.21. The number of nitrogens with zero attached hydrogens (tertiary/aromatic N) is 2. The minimum atomic E-state index is -1.53. The number of hydrogen-bond donors (Lipinski definition) is 2. The second-order valence-electron chi connectivity index (χ2n) is 6.68. The number of carboxylic acids is 1. The van der Waals surface area contributed by atoms with Crippen LogP contribution in [0.4, 0.5) is 10.1 Å². The van der Waals surface area contributed by atoms with Gasteiger partial charge in [-0.25, -0.2) is 4.79 Å². The van der Waals surface area contributed by atoms with Gasteiger partial charge >= 0.3 is 5.97 Å². The van der Waals surface area contributed by atoms with Crippen LogP contribution in [0.15, 0.2) is 16.9 Å². The third kappa shape index (κ3) is 2.41. The van der Waals surface area contributed by atoms with Crippen molar-refractivity contribution in [2.75, 3.05) is 18.0 Å². The van der Waals surface area contributed by atoms with Crippen LogP contribution in [0.1, 0.15) is 35.3 Å². The van der Waals surface area contributed by atoms with Crippen LogP contribution in [-0.2, 0) is 6.42 Å². The number of halogens is 2. The molecule has 0 radical (unpaired) electrons. The Morgan fingerprint density at radius 1 is 1.40 bits per heavy atom. The van der Waals surface area contributed by atoms with Crippen LogP contribution in [0.5, 0.6) is 0 Å². The van der Waals surface area contributed by atoms with Crippen LogP contribution in [0.2, 0.25) is 0 Å². The van der Waals surface area contributed by atoms with Crippen LogP contribution in [0.3, 0.4) is 0 Å². The molecule has 1 aromatic carbocycles. The first-order valence-corrected chi connectivity index (χ1v) is 8.03. The Hall–Kier alpha value is -2.12. The molecule has 0 bridgehead atoms. The number of aromatic nitrogens is 1. The molecule has 2 atom stereocenters. The molecule has 1 fully saturated rings. The zero-order chi connectivity index (χ0) is 17.2. The molecule has 134 valence electrons. The second kappa shape index (κ2) is 6.00. The number of pyridine rings is 1. The molecule has 0 spiro atoms. The van der Waals surface area contributed by atoms with Crippen molar-refractivity contribution in [3.63, 3.8) is 0 Å². The number of benzene rings is 1. The fourth-order valence-corrected chi connectivity index (χ4v) is 4.02. The third-order valence-corrected chi connectivity index (χ3v) is 5.11. The third-order valence-electron chi connectivity index (χ3n) is 5.11. The fraction of sp³-hybridized carbons (Fsp3) is 0.412. The van der Waals surface area contributed by atoms with Gasteiger partial charge < -0.3 is 20.3 Å². The Kier molecular flexibility index (Phi) is 4.25. The Morgan fingerprint density at radius 3 is 2.72 bits per heavy atom. The minimum Gasteiger partial charge on any atom is -0.477 e. The summed E-state index contributed by atoms with van der Waals surface area (Å²) in [5.41, 5.74) is 6.84. The molecule has 0 aliphatic carbocycles. The molecule has 8 heteroatoms. The molecule has 6 nitrogen and oxygen atoms in total. The number of aromatic carboxylic acids is 1. The second-order valence-corrected chi connectivity index (χ2v) is 6.68. The maximum atomic E-state index is 14.7. The van der Waals surface area contributed by atoms with Crippen LogP contribution in [0.25, 0.3) is 10.9 Å². The summed E-state index contributed by atoms with van der Waals surface area (Å²) in [6, 6.07) is 3.32. The first-order chi connectivity index (χ1) is 11.4. The van der Waals surface area contributed by atoms with Crippen molar-refractivity contribution in [2.24, 2.45) is 5.73 Å². The minimum absolute atomic E-state index is 0. The van der Waals surface area contributed by atoms with E-state index < -0.39 is 22.9 Å². The lowest BCUT2D eigenvalue weighted by atomic mass is 10.0. The number of carbonyl (C=O) groups is 1. The van der Waals surface area contributed by atoms with Gasteiger partial charge in [0.25, 0.3) is 0 Å². The number of hydrogen-bond acceptors (Lipinski definition) is 4. The molecule has 3 heterocycles. The maximum Gasteiger partial charge on any atom is 0.344 e. The number of carboxylic acid groups (broad SMARTS) is 1. The van der Waals surface area contributed by atoms with E-state index in [0.717, 1.165) is 30.8 Å². The molecular formula is C17H19ClFN3O3. The topological polar surface area (TPSA) is 88.6 Å². The van der Waals surface area contributed by atoms with E-state index in [1.54, 1.807) is 6.07 Å². The first-order valence-electron chi connectivity index (χ1n) is 8.03. The molecule has 2 aliphatic rings. The summed E-state index contributed by atoms with van der Waals surface area (Å²) < 4.78 is 16.1. The van der Waals surface area contributed by atoms with E-state index in [1.807, 2.05) is 13.0 Å². The van der Waals surface area contributed by atoms with E-state index in [-0.39, 0.29) is 29.9 Å². The van der Waals surface area contributed by atoms with Crippen molar-refractivity contribution in [3.05, 3.63) is 39.4 Å². The van der Waals surface area contributed by atoms with E-state index in [4.69, 9.17) is 5.73 Å². The highest BCUT2D eigenvalue weighted by Gasteiger charge is 2.33. The molecule has 0 amide bonds. The fourth-order valence-electron chi connectivity index (χ4n) is 4.02. The van der Waals surface area contributed by atoms with E-state index in [2.05, 4.69) is 4.90 Å². The summed E-state index contributed by atoms with van der Waals surface area (Å²) in [4.78, 5) is 25.9. The number of nitrogens with two attached hydrogens (primary N) is 1. The van der Waals surface area contributed by atoms with Crippen molar-refractivity contribution < 1.29 is 14.3 Å². The predicted molar refractivity (Wildman–Crippen MR) is 95.6 cm³/mol. The Bertz CT molecular complexity index is 943. The summed E-state index contributed by atoms with van der Waals surface area (Å²) in [5, 5.41) is 9.47.